The highest BCUT2D eigenvalue weighted by Crippen LogP contribution is 2.64. The molecular formula is C54H33N3. The van der Waals surface area contributed by atoms with Crippen molar-refractivity contribution in [3.63, 3.8) is 0 Å². The van der Waals surface area contributed by atoms with Crippen molar-refractivity contribution >= 4 is 0 Å². The molecule has 264 valence electrons. The zero-order valence-electron chi connectivity index (χ0n) is 30.9. The molecule has 0 amide bonds. The number of hydrogen-bond acceptors (Lipinski definition) is 3. The van der Waals surface area contributed by atoms with E-state index in [2.05, 4.69) is 170 Å². The van der Waals surface area contributed by atoms with E-state index < -0.39 is 5.41 Å². The fourth-order valence-corrected chi connectivity index (χ4v) is 9.33. The van der Waals surface area contributed by atoms with Gasteiger partial charge in [0.05, 0.1) is 28.4 Å². The first-order chi connectivity index (χ1) is 28.2. The van der Waals surface area contributed by atoms with Gasteiger partial charge in [0.15, 0.2) is 5.82 Å². The van der Waals surface area contributed by atoms with Crippen LogP contribution >= 0.6 is 0 Å². The van der Waals surface area contributed by atoms with Crippen molar-refractivity contribution < 1.29 is 0 Å². The molecule has 2 aliphatic carbocycles. The summed E-state index contributed by atoms with van der Waals surface area (Å²) in [6.07, 6.45) is 0. The van der Waals surface area contributed by atoms with E-state index in [4.69, 9.17) is 9.97 Å². The number of rotatable bonds is 5. The van der Waals surface area contributed by atoms with Gasteiger partial charge >= 0.3 is 0 Å². The monoisotopic (exact) mass is 723 g/mol. The van der Waals surface area contributed by atoms with Gasteiger partial charge < -0.3 is 0 Å². The Morgan fingerprint density at radius 2 is 0.807 bits per heavy atom. The van der Waals surface area contributed by atoms with E-state index in [-0.39, 0.29) is 0 Å². The normalized spacial score (nSPS) is 12.7. The molecule has 1 spiro atoms. The minimum atomic E-state index is -0.545. The molecule has 9 aromatic rings. The molecule has 3 heteroatoms. The van der Waals surface area contributed by atoms with Crippen molar-refractivity contribution in [1.29, 1.82) is 5.26 Å². The Balaban J connectivity index is 1.10. The number of fused-ring (bicyclic) bond motifs is 10. The quantitative estimate of drug-likeness (QED) is 0.178. The lowest BCUT2D eigenvalue weighted by molar-refractivity contribution is 0.793. The smallest absolute Gasteiger partial charge is 0.160 e. The average molecular weight is 724 g/mol. The van der Waals surface area contributed by atoms with Gasteiger partial charge in [-0.2, -0.15) is 5.26 Å². The Bertz CT molecular complexity index is 3020. The SMILES string of the molecule is N#Cc1cccc2c1-c1c(-c3cccc(-c4nc(-c5ccccc5)cc(-c5ccc(-c6ccccc6)cc5)n4)c3)cccc1C21c2ccccc2-c2ccccc21. The van der Waals surface area contributed by atoms with E-state index in [9.17, 15) is 5.26 Å². The van der Waals surface area contributed by atoms with Crippen LogP contribution in [-0.2, 0) is 5.41 Å². The Hall–Kier alpha value is -7.67. The Morgan fingerprint density at radius 1 is 0.351 bits per heavy atom. The minimum absolute atomic E-state index is 0.545. The summed E-state index contributed by atoms with van der Waals surface area (Å²) in [5.41, 5.74) is 18.7. The van der Waals surface area contributed by atoms with E-state index in [1.165, 1.54) is 33.4 Å². The van der Waals surface area contributed by atoms with Gasteiger partial charge in [-0.3, -0.25) is 0 Å². The van der Waals surface area contributed by atoms with Crippen LogP contribution in [0.4, 0.5) is 0 Å². The Kier molecular flexibility index (Phi) is 7.45. The molecule has 0 unspecified atom stereocenters. The minimum Gasteiger partial charge on any atom is -0.228 e. The second-order valence-electron chi connectivity index (χ2n) is 14.8. The summed E-state index contributed by atoms with van der Waals surface area (Å²) in [6, 6.07) is 73.0. The molecule has 1 aromatic heterocycles. The molecule has 0 aliphatic heterocycles. The third-order valence-corrected chi connectivity index (χ3v) is 11.8. The summed E-state index contributed by atoms with van der Waals surface area (Å²) in [5, 5.41) is 10.6. The van der Waals surface area contributed by atoms with E-state index in [0.29, 0.717) is 11.4 Å². The van der Waals surface area contributed by atoms with Crippen LogP contribution in [0.1, 0.15) is 27.8 Å². The first-order valence-electron chi connectivity index (χ1n) is 19.3. The van der Waals surface area contributed by atoms with Crippen molar-refractivity contribution in [2.45, 2.75) is 5.41 Å². The predicted octanol–water partition coefficient (Wildman–Crippen LogP) is 13.0. The Labute approximate surface area is 331 Å². The van der Waals surface area contributed by atoms with Gasteiger partial charge in [-0.1, -0.05) is 182 Å². The van der Waals surface area contributed by atoms with Gasteiger partial charge in [-0.15, -0.1) is 0 Å². The van der Waals surface area contributed by atoms with Gasteiger partial charge in [0.25, 0.3) is 0 Å². The van der Waals surface area contributed by atoms with Crippen molar-refractivity contribution in [2.24, 2.45) is 0 Å². The lowest BCUT2D eigenvalue weighted by Gasteiger charge is -2.30. The molecule has 11 rings (SSSR count). The van der Waals surface area contributed by atoms with Gasteiger partial charge in [0, 0.05) is 22.3 Å². The highest BCUT2D eigenvalue weighted by atomic mass is 14.9. The van der Waals surface area contributed by atoms with Crippen LogP contribution in [0.3, 0.4) is 0 Å². The third kappa shape index (κ3) is 4.98. The van der Waals surface area contributed by atoms with Crippen molar-refractivity contribution in [1.82, 2.24) is 9.97 Å². The van der Waals surface area contributed by atoms with E-state index >= 15 is 0 Å². The van der Waals surface area contributed by atoms with Gasteiger partial charge in [0.2, 0.25) is 0 Å². The van der Waals surface area contributed by atoms with Crippen molar-refractivity contribution in [3.8, 4) is 84.5 Å². The maximum Gasteiger partial charge on any atom is 0.160 e. The second-order valence-corrected chi connectivity index (χ2v) is 14.8. The summed E-state index contributed by atoms with van der Waals surface area (Å²) in [5.74, 6) is 0.654. The molecule has 0 N–H and O–H groups in total. The zero-order chi connectivity index (χ0) is 37.9. The van der Waals surface area contributed by atoms with E-state index in [1.54, 1.807) is 0 Å². The molecule has 0 saturated heterocycles. The standard InChI is InChI=1S/C54H33N3/c55-34-41-20-12-26-47-51(41)52-42(23-13-27-48(52)54(47)45-24-9-7-21-43(45)44-22-8-10-25-46(44)54)39-18-11-19-40(32-39)53-56-49(37-16-5-2-6-17-37)33-50(57-53)38-30-28-36(29-31-38)35-14-3-1-4-15-35/h1-33H. The van der Waals surface area contributed by atoms with Crippen LogP contribution in [0.15, 0.2) is 200 Å². The van der Waals surface area contributed by atoms with Gasteiger partial charge in [-0.05, 0) is 79.4 Å². The lowest BCUT2D eigenvalue weighted by atomic mass is 9.70. The summed E-state index contributed by atoms with van der Waals surface area (Å²) >= 11 is 0. The summed E-state index contributed by atoms with van der Waals surface area (Å²) in [6.45, 7) is 0. The lowest BCUT2D eigenvalue weighted by Crippen LogP contribution is -2.25. The number of hydrogen-bond donors (Lipinski definition) is 0. The zero-order valence-corrected chi connectivity index (χ0v) is 30.9. The molecule has 0 atom stereocenters. The molecule has 0 saturated carbocycles. The van der Waals surface area contributed by atoms with Crippen LogP contribution in [0.5, 0.6) is 0 Å². The van der Waals surface area contributed by atoms with Crippen LogP contribution in [0.25, 0.3) is 78.4 Å². The highest BCUT2D eigenvalue weighted by Gasteiger charge is 2.52. The molecule has 3 nitrogen and oxygen atoms in total. The molecule has 0 bridgehead atoms. The van der Waals surface area contributed by atoms with Crippen LogP contribution < -0.4 is 0 Å². The molecule has 8 aromatic carbocycles. The average Bonchev–Trinajstić information content (AvgIpc) is 3.77. The fourth-order valence-electron chi connectivity index (χ4n) is 9.33. The molecule has 0 radical (unpaired) electrons. The summed E-state index contributed by atoms with van der Waals surface area (Å²) in [4.78, 5) is 10.4. The maximum atomic E-state index is 10.6. The van der Waals surface area contributed by atoms with Crippen LogP contribution in [-0.4, -0.2) is 9.97 Å². The largest absolute Gasteiger partial charge is 0.228 e. The second kappa shape index (κ2) is 13.0. The van der Waals surface area contributed by atoms with Crippen molar-refractivity contribution in [2.75, 3.05) is 0 Å². The fraction of sp³-hybridized carbons (Fsp3) is 0.0185. The first kappa shape index (κ1) is 32.7. The highest BCUT2D eigenvalue weighted by molar-refractivity contribution is 6.01. The first-order valence-corrected chi connectivity index (χ1v) is 19.3. The summed E-state index contributed by atoms with van der Waals surface area (Å²) in [7, 11) is 0. The number of nitriles is 1. The molecule has 1 heterocycles. The Morgan fingerprint density at radius 3 is 1.47 bits per heavy atom. The molecule has 57 heavy (non-hydrogen) atoms. The van der Waals surface area contributed by atoms with E-state index in [0.717, 1.165) is 61.5 Å². The third-order valence-electron chi connectivity index (χ3n) is 11.8. The predicted molar refractivity (Wildman–Crippen MR) is 230 cm³/mol. The van der Waals surface area contributed by atoms with Crippen LogP contribution in [0, 0.1) is 11.3 Å². The maximum absolute atomic E-state index is 10.6. The van der Waals surface area contributed by atoms with E-state index in [1.807, 2.05) is 36.4 Å². The molecular weight excluding hydrogens is 691 g/mol. The molecule has 0 fully saturated rings. The number of nitrogens with zero attached hydrogens (tertiary/aromatic N) is 3. The summed E-state index contributed by atoms with van der Waals surface area (Å²) < 4.78 is 0. The van der Waals surface area contributed by atoms with Gasteiger partial charge in [0.1, 0.15) is 0 Å². The number of benzene rings is 8. The number of aromatic nitrogens is 2. The van der Waals surface area contributed by atoms with Crippen molar-refractivity contribution in [3.05, 3.63) is 228 Å². The van der Waals surface area contributed by atoms with Crippen LogP contribution in [0.2, 0.25) is 0 Å². The molecule has 2 aliphatic rings. The topological polar surface area (TPSA) is 49.6 Å². The van der Waals surface area contributed by atoms with Gasteiger partial charge in [-0.25, -0.2) is 9.97 Å².